The van der Waals surface area contributed by atoms with E-state index in [4.69, 9.17) is 0 Å². The number of rotatable bonds is 4. The normalized spacial score (nSPS) is 19.8. The molecule has 1 aromatic heterocycles. The zero-order chi connectivity index (χ0) is 16.7. The van der Waals surface area contributed by atoms with E-state index in [1.54, 1.807) is 4.90 Å². The molecule has 0 spiro atoms. The number of carbonyl (C=O) groups excluding carboxylic acids is 1. The Kier molecular flexibility index (Phi) is 4.10. The van der Waals surface area contributed by atoms with Gasteiger partial charge in [-0.2, -0.15) is 0 Å². The minimum atomic E-state index is -3.32. The molecule has 1 amide bonds. The number of hydrogen-bond acceptors (Lipinski definition) is 4. The molecular formula is C17H20N2O3S2. The fourth-order valence-corrected chi connectivity index (χ4v) is 6.09. The number of fused-ring (bicyclic) bond motifs is 1. The third-order valence-electron chi connectivity index (χ3n) is 4.90. The van der Waals surface area contributed by atoms with Crippen molar-refractivity contribution in [3.8, 4) is 0 Å². The van der Waals surface area contributed by atoms with Gasteiger partial charge in [-0.25, -0.2) is 13.1 Å². The molecule has 2 heterocycles. The van der Waals surface area contributed by atoms with Gasteiger partial charge >= 0.3 is 0 Å². The Bertz CT molecular complexity index is 830. The zero-order valence-electron chi connectivity index (χ0n) is 13.3. The molecular weight excluding hydrogens is 344 g/mol. The van der Waals surface area contributed by atoms with Crippen LogP contribution in [0.2, 0.25) is 0 Å². The number of thiophene rings is 1. The molecule has 0 radical (unpaired) electrons. The molecule has 1 aromatic carbocycles. The number of nitrogens with one attached hydrogen (secondary N) is 1. The van der Waals surface area contributed by atoms with Crippen molar-refractivity contribution in [1.29, 1.82) is 0 Å². The highest BCUT2D eigenvalue weighted by Gasteiger charge is 2.41. The second-order valence-corrected chi connectivity index (χ2v) is 9.70. The van der Waals surface area contributed by atoms with E-state index < -0.39 is 15.3 Å². The zero-order valence-corrected chi connectivity index (χ0v) is 14.9. The summed E-state index contributed by atoms with van der Waals surface area (Å²) in [6.45, 7) is 0.574. The van der Waals surface area contributed by atoms with Crippen LogP contribution in [0.15, 0.2) is 30.3 Å². The molecule has 0 unspecified atom stereocenters. The Labute approximate surface area is 145 Å². The van der Waals surface area contributed by atoms with Crippen molar-refractivity contribution in [3.63, 3.8) is 0 Å². The van der Waals surface area contributed by atoms with Gasteiger partial charge in [0.15, 0.2) is 0 Å². The van der Waals surface area contributed by atoms with Crippen molar-refractivity contribution in [2.24, 2.45) is 0 Å². The molecule has 2 aromatic rings. The quantitative estimate of drug-likeness (QED) is 0.907. The van der Waals surface area contributed by atoms with E-state index in [1.165, 1.54) is 11.3 Å². The number of benzene rings is 1. The maximum absolute atomic E-state index is 12.5. The maximum atomic E-state index is 12.5. The number of hydrogen-bond donors (Lipinski definition) is 1. The predicted molar refractivity (Wildman–Crippen MR) is 95.8 cm³/mol. The van der Waals surface area contributed by atoms with Crippen LogP contribution in [0.1, 0.15) is 35.4 Å². The third kappa shape index (κ3) is 2.96. The van der Waals surface area contributed by atoms with Gasteiger partial charge in [-0.1, -0.05) is 31.0 Å². The maximum Gasteiger partial charge on any atom is 0.264 e. The summed E-state index contributed by atoms with van der Waals surface area (Å²) in [5, 5.41) is 0.579. The van der Waals surface area contributed by atoms with Gasteiger partial charge in [-0.15, -0.1) is 11.3 Å². The van der Waals surface area contributed by atoms with E-state index in [-0.39, 0.29) is 25.0 Å². The Morgan fingerprint density at radius 2 is 1.88 bits per heavy atom. The lowest BCUT2D eigenvalue weighted by Gasteiger charge is -2.38. The fraction of sp³-hybridized carbons (Fsp3) is 0.471. The van der Waals surface area contributed by atoms with Gasteiger partial charge in [0.2, 0.25) is 10.0 Å². The second kappa shape index (κ2) is 6.13. The van der Waals surface area contributed by atoms with Gasteiger partial charge < -0.3 is 4.90 Å². The molecule has 24 heavy (non-hydrogen) atoms. The van der Waals surface area contributed by atoms with E-state index >= 15 is 0 Å². The minimum Gasteiger partial charge on any atom is -0.335 e. The van der Waals surface area contributed by atoms with E-state index in [2.05, 4.69) is 4.72 Å². The standard InChI is InChI=1S/C17H20N2O3S2/c20-17(16-9-12-5-1-4-8-15(12)23-16)19-10-14(11-19)24(21,22)18-13-6-2-3-7-13/h1,4-5,8-9,13-14,18H,2-3,6-7,10-11H2. The summed E-state index contributed by atoms with van der Waals surface area (Å²) in [7, 11) is -3.32. The van der Waals surface area contributed by atoms with Gasteiger partial charge in [0, 0.05) is 23.8 Å². The van der Waals surface area contributed by atoms with Gasteiger partial charge in [0.1, 0.15) is 5.25 Å². The minimum absolute atomic E-state index is 0.0662. The van der Waals surface area contributed by atoms with Gasteiger partial charge in [0.05, 0.1) is 4.88 Å². The number of likely N-dealkylation sites (tertiary alicyclic amines) is 1. The first kappa shape index (κ1) is 16.1. The highest BCUT2D eigenvalue weighted by molar-refractivity contribution is 7.90. The Morgan fingerprint density at radius 3 is 2.58 bits per heavy atom. The number of amides is 1. The van der Waals surface area contributed by atoms with E-state index in [1.807, 2.05) is 30.3 Å². The van der Waals surface area contributed by atoms with Crippen LogP contribution in [0.5, 0.6) is 0 Å². The average Bonchev–Trinajstić information content (AvgIpc) is 3.13. The van der Waals surface area contributed by atoms with Crippen LogP contribution < -0.4 is 4.72 Å². The molecule has 7 heteroatoms. The van der Waals surface area contributed by atoms with Gasteiger partial charge in [-0.3, -0.25) is 4.79 Å². The van der Waals surface area contributed by atoms with Crippen LogP contribution in [0, 0.1) is 0 Å². The molecule has 4 rings (SSSR count). The van der Waals surface area contributed by atoms with Crippen molar-refractivity contribution < 1.29 is 13.2 Å². The Balaban J connectivity index is 1.40. The smallest absolute Gasteiger partial charge is 0.264 e. The predicted octanol–water partition coefficient (Wildman–Crippen LogP) is 2.59. The van der Waals surface area contributed by atoms with Crippen molar-refractivity contribution in [1.82, 2.24) is 9.62 Å². The van der Waals surface area contributed by atoms with Crippen LogP contribution in [-0.4, -0.2) is 43.6 Å². The summed E-state index contributed by atoms with van der Waals surface area (Å²) in [4.78, 5) is 14.8. The summed E-state index contributed by atoms with van der Waals surface area (Å²) >= 11 is 1.46. The lowest BCUT2D eigenvalue weighted by Crippen LogP contribution is -2.60. The number of carbonyl (C=O) groups is 1. The first-order valence-electron chi connectivity index (χ1n) is 8.32. The van der Waals surface area contributed by atoms with Crippen LogP contribution in [-0.2, 0) is 10.0 Å². The molecule has 1 saturated heterocycles. The van der Waals surface area contributed by atoms with Gasteiger partial charge in [0.25, 0.3) is 5.91 Å². The van der Waals surface area contributed by atoms with Crippen molar-refractivity contribution in [3.05, 3.63) is 35.2 Å². The van der Waals surface area contributed by atoms with Crippen LogP contribution in [0.25, 0.3) is 10.1 Å². The van der Waals surface area contributed by atoms with E-state index in [9.17, 15) is 13.2 Å². The molecule has 5 nitrogen and oxygen atoms in total. The lowest BCUT2D eigenvalue weighted by molar-refractivity contribution is 0.0663. The molecule has 0 bridgehead atoms. The first-order valence-corrected chi connectivity index (χ1v) is 10.7. The molecule has 1 N–H and O–H groups in total. The first-order chi connectivity index (χ1) is 11.5. The molecule has 1 saturated carbocycles. The van der Waals surface area contributed by atoms with Crippen molar-refractivity contribution in [2.75, 3.05) is 13.1 Å². The molecule has 1 aliphatic carbocycles. The summed E-state index contributed by atoms with van der Waals surface area (Å²) in [5.74, 6) is -0.0662. The fourth-order valence-electron chi connectivity index (χ4n) is 3.42. The third-order valence-corrected chi connectivity index (χ3v) is 7.84. The van der Waals surface area contributed by atoms with Crippen LogP contribution in [0.4, 0.5) is 0 Å². The van der Waals surface area contributed by atoms with Crippen LogP contribution in [0.3, 0.4) is 0 Å². The largest absolute Gasteiger partial charge is 0.335 e. The average molecular weight is 364 g/mol. The van der Waals surface area contributed by atoms with Crippen molar-refractivity contribution >= 4 is 37.4 Å². The topological polar surface area (TPSA) is 66.5 Å². The molecule has 0 atom stereocenters. The monoisotopic (exact) mass is 364 g/mol. The summed E-state index contributed by atoms with van der Waals surface area (Å²) < 4.78 is 28.6. The van der Waals surface area contributed by atoms with E-state index in [0.29, 0.717) is 4.88 Å². The molecule has 128 valence electrons. The van der Waals surface area contributed by atoms with Crippen molar-refractivity contribution in [2.45, 2.75) is 37.0 Å². The molecule has 2 fully saturated rings. The molecule has 2 aliphatic rings. The molecule has 1 aliphatic heterocycles. The van der Waals surface area contributed by atoms with Crippen LogP contribution >= 0.6 is 11.3 Å². The summed E-state index contributed by atoms with van der Waals surface area (Å²) in [6.07, 6.45) is 4.04. The van der Waals surface area contributed by atoms with Gasteiger partial charge in [-0.05, 0) is 30.4 Å². The number of sulfonamides is 1. The number of nitrogens with zero attached hydrogens (tertiary/aromatic N) is 1. The Hall–Kier alpha value is -1.44. The lowest BCUT2D eigenvalue weighted by atomic mass is 10.2. The second-order valence-electron chi connectivity index (χ2n) is 6.62. The highest BCUT2D eigenvalue weighted by Crippen LogP contribution is 2.29. The SMILES string of the molecule is O=C(c1cc2ccccc2s1)N1CC(S(=O)(=O)NC2CCCC2)C1. The highest BCUT2D eigenvalue weighted by atomic mass is 32.2. The summed E-state index contributed by atoms with van der Waals surface area (Å²) in [6, 6.07) is 9.85. The Morgan fingerprint density at radius 1 is 1.17 bits per heavy atom. The van der Waals surface area contributed by atoms with E-state index in [0.717, 1.165) is 35.8 Å². The summed E-state index contributed by atoms with van der Waals surface area (Å²) in [5.41, 5.74) is 0.